The van der Waals surface area contributed by atoms with E-state index in [0.717, 1.165) is 41.0 Å². The summed E-state index contributed by atoms with van der Waals surface area (Å²) in [6.45, 7) is 3.61. The second kappa shape index (κ2) is 7.28. The molecular formula is C24H23NO2. The second-order valence-electron chi connectivity index (χ2n) is 6.95. The number of rotatable bonds is 4. The summed E-state index contributed by atoms with van der Waals surface area (Å²) in [6.07, 6.45) is 6.63. The molecule has 0 amide bonds. The Morgan fingerprint density at radius 2 is 1.63 bits per heavy atom. The van der Waals surface area contributed by atoms with Crippen molar-refractivity contribution in [1.29, 1.82) is 0 Å². The van der Waals surface area contributed by atoms with Gasteiger partial charge in [-0.25, -0.2) is 0 Å². The number of hydrogen-bond donors (Lipinski definition) is 1. The minimum absolute atomic E-state index is 0.0881. The molecule has 27 heavy (non-hydrogen) atoms. The first-order chi connectivity index (χ1) is 13.2. The van der Waals surface area contributed by atoms with E-state index in [1.165, 1.54) is 29.5 Å². The van der Waals surface area contributed by atoms with Crippen LogP contribution in [0.1, 0.15) is 29.5 Å². The Kier molecular flexibility index (Phi) is 4.68. The fourth-order valence-corrected chi connectivity index (χ4v) is 3.81. The molecule has 1 heterocycles. The highest BCUT2D eigenvalue weighted by Gasteiger charge is 2.20. The Hall–Kier alpha value is -3.07. The van der Waals surface area contributed by atoms with Gasteiger partial charge in [0.15, 0.2) is 0 Å². The van der Waals surface area contributed by atoms with Gasteiger partial charge in [0.1, 0.15) is 11.5 Å². The summed E-state index contributed by atoms with van der Waals surface area (Å²) in [5, 5.41) is 9.64. The van der Waals surface area contributed by atoms with Gasteiger partial charge >= 0.3 is 0 Å². The van der Waals surface area contributed by atoms with Gasteiger partial charge in [-0.05, 0) is 66.6 Å². The van der Waals surface area contributed by atoms with Gasteiger partial charge < -0.3 is 9.84 Å². The lowest BCUT2D eigenvalue weighted by atomic mass is 9.84. The van der Waals surface area contributed by atoms with Crippen molar-refractivity contribution in [2.45, 2.75) is 25.7 Å². The number of ether oxygens (including phenoxy) is 1. The molecule has 4 rings (SSSR count). The first kappa shape index (κ1) is 17.3. The van der Waals surface area contributed by atoms with E-state index in [1.54, 1.807) is 7.11 Å². The van der Waals surface area contributed by atoms with Crippen LogP contribution in [-0.2, 0) is 12.8 Å². The first-order valence-corrected chi connectivity index (χ1v) is 9.31. The zero-order chi connectivity index (χ0) is 18.8. The fourth-order valence-electron chi connectivity index (χ4n) is 3.81. The van der Waals surface area contributed by atoms with Crippen molar-refractivity contribution in [2.75, 3.05) is 7.11 Å². The van der Waals surface area contributed by atoms with E-state index >= 15 is 0 Å². The normalized spacial score (nSPS) is 13.1. The van der Waals surface area contributed by atoms with Gasteiger partial charge in [-0.3, -0.25) is 4.98 Å². The Morgan fingerprint density at radius 3 is 2.30 bits per heavy atom. The number of pyridine rings is 1. The number of nitrogens with zero attached hydrogens (tertiary/aromatic N) is 1. The predicted octanol–water partition coefficient (Wildman–Crippen LogP) is 5.83. The highest BCUT2D eigenvalue weighted by molar-refractivity contribution is 5.84. The molecule has 3 aromatic rings. The number of hydrogen-bond acceptors (Lipinski definition) is 3. The Balaban J connectivity index is 1.89. The van der Waals surface area contributed by atoms with Crippen molar-refractivity contribution >= 4 is 5.76 Å². The van der Waals surface area contributed by atoms with Crippen molar-refractivity contribution in [3.05, 3.63) is 78.0 Å². The predicted molar refractivity (Wildman–Crippen MR) is 110 cm³/mol. The van der Waals surface area contributed by atoms with Gasteiger partial charge in [-0.2, -0.15) is 0 Å². The molecule has 1 aliphatic carbocycles. The van der Waals surface area contributed by atoms with E-state index in [4.69, 9.17) is 9.72 Å². The zero-order valence-corrected chi connectivity index (χ0v) is 15.5. The molecule has 0 spiro atoms. The highest BCUT2D eigenvalue weighted by atomic mass is 16.5. The minimum Gasteiger partial charge on any atom is -0.508 e. The number of aryl methyl sites for hydroxylation is 1. The smallest absolute Gasteiger partial charge is 0.118 e. The van der Waals surface area contributed by atoms with Crippen LogP contribution in [0, 0.1) is 0 Å². The van der Waals surface area contributed by atoms with Crippen LogP contribution < -0.4 is 4.74 Å². The number of fused-ring (bicyclic) bond motifs is 1. The van der Waals surface area contributed by atoms with Gasteiger partial charge in [0.25, 0.3) is 0 Å². The SMILES string of the molecule is C=C(O)c1ccc(-c2c(-c3ccc(OC)cc3)ncc3c2CCCC3)cc1. The summed E-state index contributed by atoms with van der Waals surface area (Å²) in [5.41, 5.74) is 7.89. The van der Waals surface area contributed by atoms with Gasteiger partial charge in [-0.15, -0.1) is 0 Å². The van der Waals surface area contributed by atoms with Crippen LogP contribution in [0.15, 0.2) is 61.3 Å². The number of aliphatic hydroxyl groups excluding tert-OH is 1. The second-order valence-corrected chi connectivity index (χ2v) is 6.95. The van der Waals surface area contributed by atoms with Crippen LogP contribution in [0.2, 0.25) is 0 Å². The third-order valence-electron chi connectivity index (χ3n) is 5.27. The molecule has 136 valence electrons. The molecule has 0 fully saturated rings. The summed E-state index contributed by atoms with van der Waals surface area (Å²) in [6, 6.07) is 16.0. The van der Waals surface area contributed by atoms with Crippen molar-refractivity contribution in [3.63, 3.8) is 0 Å². The van der Waals surface area contributed by atoms with E-state index in [9.17, 15) is 5.11 Å². The van der Waals surface area contributed by atoms with E-state index < -0.39 is 0 Å². The largest absolute Gasteiger partial charge is 0.508 e. The van der Waals surface area contributed by atoms with E-state index in [2.05, 4.69) is 30.8 Å². The van der Waals surface area contributed by atoms with Crippen molar-refractivity contribution in [1.82, 2.24) is 4.98 Å². The van der Waals surface area contributed by atoms with Crippen molar-refractivity contribution in [2.24, 2.45) is 0 Å². The Morgan fingerprint density at radius 1 is 0.963 bits per heavy atom. The lowest BCUT2D eigenvalue weighted by molar-refractivity contribution is 0.415. The number of methoxy groups -OCH3 is 1. The number of aromatic nitrogens is 1. The molecule has 0 atom stereocenters. The van der Waals surface area contributed by atoms with Crippen LogP contribution in [0.3, 0.4) is 0 Å². The maximum atomic E-state index is 9.64. The van der Waals surface area contributed by atoms with Gasteiger partial charge in [-0.1, -0.05) is 30.8 Å². The van der Waals surface area contributed by atoms with Crippen molar-refractivity contribution < 1.29 is 9.84 Å². The van der Waals surface area contributed by atoms with Crippen LogP contribution in [0.5, 0.6) is 5.75 Å². The topological polar surface area (TPSA) is 42.4 Å². The molecule has 3 nitrogen and oxygen atoms in total. The standard InChI is InChI=1S/C24H23NO2/c1-16(26)17-7-9-18(10-8-17)23-22-6-4-3-5-20(22)15-25-24(23)19-11-13-21(27-2)14-12-19/h7-15,26H,1,3-6H2,2H3. The van der Waals surface area contributed by atoms with Crippen LogP contribution >= 0.6 is 0 Å². The van der Waals surface area contributed by atoms with Gasteiger partial charge in [0.2, 0.25) is 0 Å². The molecule has 0 unspecified atom stereocenters. The number of benzene rings is 2. The third kappa shape index (κ3) is 3.33. The average Bonchev–Trinajstić information content (AvgIpc) is 2.73. The molecule has 0 bridgehead atoms. The van der Waals surface area contributed by atoms with Crippen LogP contribution in [0.4, 0.5) is 0 Å². The maximum Gasteiger partial charge on any atom is 0.118 e. The number of aliphatic hydroxyl groups is 1. The summed E-state index contributed by atoms with van der Waals surface area (Å²) < 4.78 is 5.29. The monoisotopic (exact) mass is 357 g/mol. The molecule has 0 saturated carbocycles. The van der Waals surface area contributed by atoms with E-state index in [0.29, 0.717) is 0 Å². The molecule has 1 N–H and O–H groups in total. The fraction of sp³-hybridized carbons (Fsp3) is 0.208. The summed E-state index contributed by atoms with van der Waals surface area (Å²) >= 11 is 0. The van der Waals surface area contributed by atoms with Gasteiger partial charge in [0, 0.05) is 22.9 Å². The molecular weight excluding hydrogens is 334 g/mol. The van der Waals surface area contributed by atoms with E-state index in [1.807, 2.05) is 30.5 Å². The average molecular weight is 357 g/mol. The van der Waals surface area contributed by atoms with Crippen LogP contribution in [0.25, 0.3) is 28.1 Å². The zero-order valence-electron chi connectivity index (χ0n) is 15.5. The highest BCUT2D eigenvalue weighted by Crippen LogP contribution is 2.38. The summed E-state index contributed by atoms with van der Waals surface area (Å²) in [7, 11) is 1.67. The molecule has 1 aliphatic rings. The first-order valence-electron chi connectivity index (χ1n) is 9.31. The molecule has 0 radical (unpaired) electrons. The van der Waals surface area contributed by atoms with Crippen molar-refractivity contribution in [3.8, 4) is 28.1 Å². The van der Waals surface area contributed by atoms with Gasteiger partial charge in [0.05, 0.1) is 12.8 Å². The van der Waals surface area contributed by atoms with E-state index in [-0.39, 0.29) is 5.76 Å². The Bertz CT molecular complexity index is 973. The quantitative estimate of drug-likeness (QED) is 0.597. The molecule has 1 aromatic heterocycles. The molecule has 0 saturated heterocycles. The molecule has 0 aliphatic heterocycles. The minimum atomic E-state index is 0.0881. The molecule has 3 heteroatoms. The molecule has 2 aromatic carbocycles. The lowest BCUT2D eigenvalue weighted by Gasteiger charge is -2.22. The maximum absolute atomic E-state index is 9.64. The summed E-state index contributed by atoms with van der Waals surface area (Å²) in [4.78, 5) is 4.84. The Labute approximate surface area is 160 Å². The lowest BCUT2D eigenvalue weighted by Crippen LogP contribution is -2.07. The third-order valence-corrected chi connectivity index (χ3v) is 5.27. The summed E-state index contributed by atoms with van der Waals surface area (Å²) in [5.74, 6) is 0.925. The van der Waals surface area contributed by atoms with Crippen LogP contribution in [-0.4, -0.2) is 17.2 Å².